The summed E-state index contributed by atoms with van der Waals surface area (Å²) < 4.78 is 0. The Morgan fingerprint density at radius 2 is 2.25 bits per heavy atom. The van der Waals surface area contributed by atoms with E-state index in [1.54, 1.807) is 24.1 Å². The normalized spacial score (nSPS) is 14.1. The van der Waals surface area contributed by atoms with Crippen LogP contribution in [0.15, 0.2) is 24.3 Å². The highest BCUT2D eigenvalue weighted by Crippen LogP contribution is 2.27. The molecule has 1 aliphatic rings. The van der Waals surface area contributed by atoms with Crippen LogP contribution in [0.1, 0.15) is 18.4 Å². The summed E-state index contributed by atoms with van der Waals surface area (Å²) in [7, 11) is 1.71. The van der Waals surface area contributed by atoms with E-state index in [-0.39, 0.29) is 11.6 Å². The van der Waals surface area contributed by atoms with Gasteiger partial charge in [0.15, 0.2) is 0 Å². The van der Waals surface area contributed by atoms with Crippen molar-refractivity contribution in [3.63, 3.8) is 0 Å². The highest BCUT2D eigenvalue weighted by Gasteiger charge is 2.21. The molecule has 0 saturated heterocycles. The molecular weight excluding hydrogens is 258 g/mol. The lowest BCUT2D eigenvalue weighted by Crippen LogP contribution is -2.35. The molecule has 0 heterocycles. The van der Waals surface area contributed by atoms with Gasteiger partial charge in [-0.1, -0.05) is 12.1 Å². The Bertz CT molecular complexity index is 500. The van der Waals surface area contributed by atoms with Crippen molar-refractivity contribution in [1.82, 2.24) is 10.2 Å². The van der Waals surface area contributed by atoms with Crippen molar-refractivity contribution in [3.05, 3.63) is 39.9 Å². The molecule has 0 spiro atoms. The van der Waals surface area contributed by atoms with Gasteiger partial charge in [0.2, 0.25) is 5.91 Å². The van der Waals surface area contributed by atoms with E-state index in [2.05, 4.69) is 5.32 Å². The van der Waals surface area contributed by atoms with E-state index in [9.17, 15) is 14.9 Å². The summed E-state index contributed by atoms with van der Waals surface area (Å²) in [6.45, 7) is 1.60. The molecule has 6 nitrogen and oxygen atoms in total. The van der Waals surface area contributed by atoms with Crippen LogP contribution in [0.3, 0.4) is 0 Å². The number of non-ortho nitro benzene ring substituents is 1. The number of rotatable bonds is 7. The largest absolute Gasteiger partial charge is 0.340 e. The van der Waals surface area contributed by atoms with Crippen molar-refractivity contribution in [1.29, 1.82) is 0 Å². The van der Waals surface area contributed by atoms with Crippen LogP contribution in [0.5, 0.6) is 0 Å². The summed E-state index contributed by atoms with van der Waals surface area (Å²) in [6, 6.07) is 6.37. The fourth-order valence-electron chi connectivity index (χ4n) is 1.97. The highest BCUT2D eigenvalue weighted by atomic mass is 16.6. The fourth-order valence-corrected chi connectivity index (χ4v) is 1.97. The highest BCUT2D eigenvalue weighted by molar-refractivity contribution is 5.78. The lowest BCUT2D eigenvalue weighted by Gasteiger charge is -2.17. The number of nitrogens with one attached hydrogen (secondary N) is 1. The van der Waals surface area contributed by atoms with Crippen molar-refractivity contribution < 1.29 is 9.72 Å². The van der Waals surface area contributed by atoms with E-state index >= 15 is 0 Å². The first-order chi connectivity index (χ1) is 9.56. The maximum atomic E-state index is 11.9. The lowest BCUT2D eigenvalue weighted by molar-refractivity contribution is -0.384. The van der Waals surface area contributed by atoms with Crippen molar-refractivity contribution in [3.8, 4) is 0 Å². The van der Waals surface area contributed by atoms with E-state index in [0.29, 0.717) is 13.1 Å². The smallest absolute Gasteiger partial charge is 0.269 e. The maximum Gasteiger partial charge on any atom is 0.269 e. The van der Waals surface area contributed by atoms with Gasteiger partial charge in [0.25, 0.3) is 5.69 Å². The number of nitro groups is 1. The number of nitro benzene ring substituents is 1. The Labute approximate surface area is 117 Å². The summed E-state index contributed by atoms with van der Waals surface area (Å²) in [5, 5.41) is 13.8. The molecule has 108 valence electrons. The third-order valence-corrected chi connectivity index (χ3v) is 3.37. The molecule has 0 radical (unpaired) electrons. The third kappa shape index (κ3) is 4.31. The van der Waals surface area contributed by atoms with E-state index < -0.39 is 4.92 Å². The molecule has 1 N–H and O–H groups in total. The summed E-state index contributed by atoms with van der Waals surface area (Å²) in [4.78, 5) is 23.8. The molecule has 2 rings (SSSR count). The molecule has 1 aliphatic carbocycles. The van der Waals surface area contributed by atoms with Gasteiger partial charge >= 0.3 is 0 Å². The lowest BCUT2D eigenvalue weighted by atomic mass is 10.2. The van der Waals surface area contributed by atoms with Gasteiger partial charge in [-0.15, -0.1) is 0 Å². The minimum absolute atomic E-state index is 0.00263. The second kappa shape index (κ2) is 6.47. The summed E-state index contributed by atoms with van der Waals surface area (Å²) in [6.07, 6.45) is 2.51. The Morgan fingerprint density at radius 3 is 2.90 bits per heavy atom. The van der Waals surface area contributed by atoms with Crippen LogP contribution in [0.25, 0.3) is 0 Å². The molecule has 1 aromatic rings. The number of hydrogen-bond acceptors (Lipinski definition) is 4. The van der Waals surface area contributed by atoms with Crippen LogP contribution in [0.2, 0.25) is 0 Å². The molecule has 20 heavy (non-hydrogen) atoms. The van der Waals surface area contributed by atoms with Crippen molar-refractivity contribution >= 4 is 11.6 Å². The molecule has 1 amide bonds. The van der Waals surface area contributed by atoms with E-state index in [0.717, 1.165) is 18.0 Å². The Kier molecular flexibility index (Phi) is 4.68. The first kappa shape index (κ1) is 14.5. The van der Waals surface area contributed by atoms with Crippen LogP contribution in [0, 0.1) is 16.0 Å². The predicted octanol–water partition coefficient (Wildman–Crippen LogP) is 1.55. The van der Waals surface area contributed by atoms with Gasteiger partial charge in [-0.25, -0.2) is 0 Å². The van der Waals surface area contributed by atoms with Crippen molar-refractivity contribution in [2.75, 3.05) is 20.1 Å². The van der Waals surface area contributed by atoms with Crippen LogP contribution in [0.4, 0.5) is 5.69 Å². The zero-order chi connectivity index (χ0) is 14.5. The Balaban J connectivity index is 1.82. The molecule has 0 unspecified atom stereocenters. The maximum absolute atomic E-state index is 11.9. The van der Waals surface area contributed by atoms with Crippen molar-refractivity contribution in [2.24, 2.45) is 5.92 Å². The first-order valence-electron chi connectivity index (χ1n) is 6.74. The van der Waals surface area contributed by atoms with E-state index in [1.165, 1.54) is 25.0 Å². The number of hydrogen-bond donors (Lipinski definition) is 1. The molecule has 1 aromatic carbocycles. The second-order valence-corrected chi connectivity index (χ2v) is 5.25. The monoisotopic (exact) mass is 277 g/mol. The van der Waals surface area contributed by atoms with Gasteiger partial charge in [-0.2, -0.15) is 0 Å². The second-order valence-electron chi connectivity index (χ2n) is 5.25. The number of benzene rings is 1. The number of carbonyl (C=O) groups is 1. The molecule has 6 heteroatoms. The Morgan fingerprint density at radius 1 is 1.50 bits per heavy atom. The zero-order valence-electron chi connectivity index (χ0n) is 11.5. The SMILES string of the molecule is CN(Cc1cccc([N+](=O)[O-])c1)C(=O)CNCC1CC1. The summed E-state index contributed by atoms with van der Waals surface area (Å²) in [5.74, 6) is 0.738. The first-order valence-corrected chi connectivity index (χ1v) is 6.74. The topological polar surface area (TPSA) is 75.5 Å². The summed E-state index contributed by atoms with van der Waals surface area (Å²) in [5.41, 5.74) is 0.812. The fraction of sp³-hybridized carbons (Fsp3) is 0.500. The van der Waals surface area contributed by atoms with Crippen molar-refractivity contribution in [2.45, 2.75) is 19.4 Å². The minimum atomic E-state index is -0.428. The van der Waals surface area contributed by atoms with Gasteiger partial charge in [0.05, 0.1) is 11.5 Å². The van der Waals surface area contributed by atoms with Gasteiger partial charge in [-0.05, 0) is 30.9 Å². The van der Waals surface area contributed by atoms with Gasteiger partial charge in [0, 0.05) is 25.7 Å². The molecule has 1 saturated carbocycles. The minimum Gasteiger partial charge on any atom is -0.340 e. The average molecular weight is 277 g/mol. The quantitative estimate of drug-likeness (QED) is 0.606. The Hall–Kier alpha value is -1.95. The van der Waals surface area contributed by atoms with Gasteiger partial charge in [0.1, 0.15) is 0 Å². The van der Waals surface area contributed by atoms with E-state index in [4.69, 9.17) is 0 Å². The van der Waals surface area contributed by atoms with E-state index in [1.807, 2.05) is 0 Å². The molecule has 1 fully saturated rings. The molecule has 0 aromatic heterocycles. The number of amides is 1. The predicted molar refractivity (Wildman–Crippen MR) is 75.2 cm³/mol. The molecular formula is C14H19N3O3. The van der Waals surface area contributed by atoms with Crippen LogP contribution < -0.4 is 5.32 Å². The number of likely N-dealkylation sites (N-methyl/N-ethyl adjacent to an activating group) is 1. The van der Waals surface area contributed by atoms with Crippen LogP contribution in [-0.4, -0.2) is 35.9 Å². The van der Waals surface area contributed by atoms with Gasteiger partial charge in [-0.3, -0.25) is 14.9 Å². The van der Waals surface area contributed by atoms with Crippen LogP contribution >= 0.6 is 0 Å². The summed E-state index contributed by atoms with van der Waals surface area (Å²) >= 11 is 0. The molecule has 0 atom stereocenters. The van der Waals surface area contributed by atoms with Gasteiger partial charge < -0.3 is 10.2 Å². The third-order valence-electron chi connectivity index (χ3n) is 3.37. The zero-order valence-corrected chi connectivity index (χ0v) is 11.5. The number of carbonyl (C=O) groups excluding carboxylic acids is 1. The van der Waals surface area contributed by atoms with Crippen LogP contribution in [-0.2, 0) is 11.3 Å². The standard InChI is InChI=1S/C14H19N3O3/c1-16(14(18)9-15-8-11-5-6-11)10-12-3-2-4-13(7-12)17(19)20/h2-4,7,11,15H,5-6,8-10H2,1H3. The average Bonchev–Trinajstić information content (AvgIpc) is 3.23. The molecule has 0 bridgehead atoms. The number of nitrogens with zero attached hydrogens (tertiary/aromatic N) is 2. The molecule has 0 aliphatic heterocycles.